The SMILES string of the molecule is Fc1cc(F)c(F)c(NCCCC2CCCO2)c1F. The van der Waals surface area contributed by atoms with E-state index in [4.69, 9.17) is 4.74 Å². The summed E-state index contributed by atoms with van der Waals surface area (Å²) in [5.41, 5.74) is -0.746. The summed E-state index contributed by atoms with van der Waals surface area (Å²) in [6, 6.07) is 0.197. The predicted molar refractivity (Wildman–Crippen MR) is 63.0 cm³/mol. The molecule has 1 aliphatic rings. The molecule has 19 heavy (non-hydrogen) atoms. The second-order valence-electron chi connectivity index (χ2n) is 4.55. The molecule has 1 aliphatic heterocycles. The molecule has 106 valence electrons. The van der Waals surface area contributed by atoms with E-state index in [0.29, 0.717) is 6.42 Å². The molecule has 0 radical (unpaired) electrons. The summed E-state index contributed by atoms with van der Waals surface area (Å²) < 4.78 is 57.9. The first-order valence-corrected chi connectivity index (χ1v) is 6.28. The highest BCUT2D eigenvalue weighted by molar-refractivity contribution is 5.47. The Bertz CT molecular complexity index is 421. The van der Waals surface area contributed by atoms with E-state index < -0.39 is 29.0 Å². The van der Waals surface area contributed by atoms with Crippen molar-refractivity contribution in [2.75, 3.05) is 18.5 Å². The van der Waals surface area contributed by atoms with Crippen LogP contribution in [-0.4, -0.2) is 19.3 Å². The van der Waals surface area contributed by atoms with Crippen LogP contribution in [0.25, 0.3) is 0 Å². The molecule has 2 rings (SSSR count). The quantitative estimate of drug-likeness (QED) is 0.504. The Morgan fingerprint density at radius 1 is 1.16 bits per heavy atom. The minimum absolute atomic E-state index is 0.181. The van der Waals surface area contributed by atoms with Crippen molar-refractivity contribution in [3.63, 3.8) is 0 Å². The Kier molecular flexibility index (Phi) is 4.63. The van der Waals surface area contributed by atoms with Crippen LogP contribution in [0.4, 0.5) is 23.2 Å². The minimum atomic E-state index is -1.40. The molecule has 1 unspecified atom stereocenters. The van der Waals surface area contributed by atoms with Crippen LogP contribution >= 0.6 is 0 Å². The number of halogens is 4. The van der Waals surface area contributed by atoms with Crippen molar-refractivity contribution in [1.82, 2.24) is 0 Å². The lowest BCUT2D eigenvalue weighted by atomic mass is 10.1. The van der Waals surface area contributed by atoms with Gasteiger partial charge >= 0.3 is 0 Å². The molecule has 1 aromatic carbocycles. The number of anilines is 1. The van der Waals surface area contributed by atoms with Gasteiger partial charge in [0.15, 0.2) is 23.3 Å². The van der Waals surface area contributed by atoms with E-state index in [1.807, 2.05) is 0 Å². The van der Waals surface area contributed by atoms with Crippen molar-refractivity contribution >= 4 is 5.69 Å². The molecule has 6 heteroatoms. The van der Waals surface area contributed by atoms with Crippen LogP contribution < -0.4 is 5.32 Å². The summed E-state index contributed by atoms with van der Waals surface area (Å²) in [5, 5.41) is 2.40. The van der Waals surface area contributed by atoms with Crippen molar-refractivity contribution in [3.05, 3.63) is 29.3 Å². The monoisotopic (exact) mass is 277 g/mol. The second-order valence-corrected chi connectivity index (χ2v) is 4.55. The zero-order chi connectivity index (χ0) is 13.8. The fraction of sp³-hybridized carbons (Fsp3) is 0.538. The maximum Gasteiger partial charge on any atom is 0.185 e. The van der Waals surface area contributed by atoms with Crippen LogP contribution in [0.5, 0.6) is 0 Å². The van der Waals surface area contributed by atoms with Gasteiger partial charge in [-0.05, 0) is 25.7 Å². The van der Waals surface area contributed by atoms with Gasteiger partial charge < -0.3 is 10.1 Å². The normalized spacial score (nSPS) is 18.8. The average Bonchev–Trinajstić information content (AvgIpc) is 2.89. The van der Waals surface area contributed by atoms with Crippen molar-refractivity contribution in [1.29, 1.82) is 0 Å². The maximum atomic E-state index is 13.3. The van der Waals surface area contributed by atoms with Gasteiger partial charge in [0.05, 0.1) is 6.10 Å². The minimum Gasteiger partial charge on any atom is -0.380 e. The molecule has 1 saturated heterocycles. The summed E-state index contributed by atoms with van der Waals surface area (Å²) in [6.45, 7) is 0.979. The third-order valence-electron chi connectivity index (χ3n) is 3.14. The topological polar surface area (TPSA) is 21.3 Å². The predicted octanol–water partition coefficient (Wildman–Crippen LogP) is 3.61. The first-order valence-electron chi connectivity index (χ1n) is 6.28. The standard InChI is InChI=1S/C13H15F4NO/c14-9-7-10(15)12(17)13(11(9)16)18-5-1-3-8-4-2-6-19-8/h7-8,18H,1-6H2. The summed E-state index contributed by atoms with van der Waals surface area (Å²) in [7, 11) is 0. The highest BCUT2D eigenvalue weighted by atomic mass is 19.2. The average molecular weight is 277 g/mol. The van der Waals surface area contributed by atoms with Gasteiger partial charge in [0.2, 0.25) is 0 Å². The molecular weight excluding hydrogens is 262 g/mol. The van der Waals surface area contributed by atoms with Crippen LogP contribution in [0.2, 0.25) is 0 Å². The van der Waals surface area contributed by atoms with Gasteiger partial charge in [0.25, 0.3) is 0 Å². The lowest BCUT2D eigenvalue weighted by Gasteiger charge is -2.12. The van der Waals surface area contributed by atoms with E-state index in [1.165, 1.54) is 0 Å². The Hall–Kier alpha value is -1.30. The fourth-order valence-corrected chi connectivity index (χ4v) is 2.14. The lowest BCUT2D eigenvalue weighted by Crippen LogP contribution is -2.12. The summed E-state index contributed by atoms with van der Waals surface area (Å²) in [4.78, 5) is 0. The maximum absolute atomic E-state index is 13.3. The highest BCUT2D eigenvalue weighted by Gasteiger charge is 2.19. The molecule has 1 aromatic rings. The second kappa shape index (κ2) is 6.23. The molecule has 0 saturated carbocycles. The molecule has 1 atom stereocenters. The van der Waals surface area contributed by atoms with E-state index in [-0.39, 0.29) is 18.7 Å². The van der Waals surface area contributed by atoms with Gasteiger partial charge in [-0.15, -0.1) is 0 Å². The number of hydrogen-bond donors (Lipinski definition) is 1. The molecule has 1 fully saturated rings. The summed E-state index contributed by atoms with van der Waals surface area (Å²) in [5.74, 6) is -5.59. The van der Waals surface area contributed by atoms with E-state index >= 15 is 0 Å². The molecule has 0 aromatic heterocycles. The molecule has 1 N–H and O–H groups in total. The van der Waals surface area contributed by atoms with E-state index in [2.05, 4.69) is 5.32 Å². The van der Waals surface area contributed by atoms with Gasteiger partial charge in [0.1, 0.15) is 5.69 Å². The number of benzene rings is 1. The van der Waals surface area contributed by atoms with Crippen LogP contribution in [0.3, 0.4) is 0 Å². The van der Waals surface area contributed by atoms with Gasteiger partial charge in [-0.2, -0.15) is 0 Å². The van der Waals surface area contributed by atoms with Crippen molar-refractivity contribution < 1.29 is 22.3 Å². The first-order chi connectivity index (χ1) is 9.09. The largest absolute Gasteiger partial charge is 0.380 e. The molecule has 0 spiro atoms. The van der Waals surface area contributed by atoms with Crippen LogP contribution in [-0.2, 0) is 4.74 Å². The van der Waals surface area contributed by atoms with Gasteiger partial charge in [-0.1, -0.05) is 0 Å². The van der Waals surface area contributed by atoms with Gasteiger partial charge in [-0.25, -0.2) is 17.6 Å². The zero-order valence-corrected chi connectivity index (χ0v) is 10.3. The van der Waals surface area contributed by atoms with Crippen LogP contribution in [0, 0.1) is 23.3 Å². The van der Waals surface area contributed by atoms with E-state index in [1.54, 1.807) is 0 Å². The third kappa shape index (κ3) is 3.37. The molecule has 0 aliphatic carbocycles. The van der Waals surface area contributed by atoms with Gasteiger partial charge in [0, 0.05) is 19.2 Å². The molecular formula is C13H15F4NO. The molecule has 2 nitrogen and oxygen atoms in total. The smallest absolute Gasteiger partial charge is 0.185 e. The Balaban J connectivity index is 1.88. The van der Waals surface area contributed by atoms with Crippen molar-refractivity contribution in [3.8, 4) is 0 Å². The number of hydrogen-bond acceptors (Lipinski definition) is 2. The Morgan fingerprint density at radius 3 is 2.42 bits per heavy atom. The number of rotatable bonds is 5. The summed E-state index contributed by atoms with van der Waals surface area (Å²) in [6.07, 6.45) is 3.56. The fourth-order valence-electron chi connectivity index (χ4n) is 2.14. The van der Waals surface area contributed by atoms with Gasteiger partial charge in [-0.3, -0.25) is 0 Å². The summed E-state index contributed by atoms with van der Waals surface area (Å²) >= 11 is 0. The first kappa shape index (κ1) is 14.1. The third-order valence-corrected chi connectivity index (χ3v) is 3.14. The van der Waals surface area contributed by atoms with E-state index in [0.717, 1.165) is 25.9 Å². The molecule has 1 heterocycles. The number of nitrogens with one attached hydrogen (secondary N) is 1. The highest BCUT2D eigenvalue weighted by Crippen LogP contribution is 2.24. The van der Waals surface area contributed by atoms with E-state index in [9.17, 15) is 17.6 Å². The Labute approximate surface area is 108 Å². The zero-order valence-electron chi connectivity index (χ0n) is 10.3. The molecule has 0 bridgehead atoms. The van der Waals surface area contributed by atoms with Crippen LogP contribution in [0.1, 0.15) is 25.7 Å². The van der Waals surface area contributed by atoms with Crippen molar-refractivity contribution in [2.24, 2.45) is 0 Å². The van der Waals surface area contributed by atoms with Crippen LogP contribution in [0.15, 0.2) is 6.07 Å². The Morgan fingerprint density at radius 2 is 1.84 bits per heavy atom. The molecule has 0 amide bonds. The lowest BCUT2D eigenvalue weighted by molar-refractivity contribution is 0.103. The van der Waals surface area contributed by atoms with Crippen molar-refractivity contribution in [2.45, 2.75) is 31.8 Å². The number of ether oxygens (including phenoxy) is 1.